The molecule has 3 nitrogen and oxygen atoms in total. The van der Waals surface area contributed by atoms with Crippen molar-refractivity contribution in [1.82, 2.24) is 9.88 Å². The van der Waals surface area contributed by atoms with Gasteiger partial charge in [-0.1, -0.05) is 18.2 Å². The monoisotopic (exact) mass is 258 g/mol. The summed E-state index contributed by atoms with van der Waals surface area (Å²) in [6.45, 7) is 3.85. The number of ether oxygens (including phenoxy) is 1. The SMILES string of the molecule is CCOC1CC(NCc2cn(C)c3ccccc23)C1. The van der Waals surface area contributed by atoms with Crippen LogP contribution in [0.2, 0.25) is 0 Å². The number of nitrogens with zero attached hydrogens (tertiary/aromatic N) is 1. The molecule has 0 saturated heterocycles. The van der Waals surface area contributed by atoms with Crippen LogP contribution in [-0.4, -0.2) is 23.3 Å². The number of aromatic nitrogens is 1. The Kier molecular flexibility index (Phi) is 3.58. The van der Waals surface area contributed by atoms with Crippen molar-refractivity contribution in [3.8, 4) is 0 Å². The first kappa shape index (κ1) is 12.7. The fourth-order valence-electron chi connectivity index (χ4n) is 2.92. The Labute approximate surface area is 114 Å². The summed E-state index contributed by atoms with van der Waals surface area (Å²) in [6.07, 6.45) is 5.02. The fraction of sp³-hybridized carbons (Fsp3) is 0.500. The van der Waals surface area contributed by atoms with Gasteiger partial charge in [-0.05, 0) is 31.4 Å². The van der Waals surface area contributed by atoms with Crippen LogP contribution in [0.3, 0.4) is 0 Å². The molecule has 1 aliphatic carbocycles. The van der Waals surface area contributed by atoms with Gasteiger partial charge in [0, 0.05) is 43.3 Å². The average Bonchev–Trinajstić information content (AvgIpc) is 2.70. The lowest BCUT2D eigenvalue weighted by atomic mass is 9.89. The summed E-state index contributed by atoms with van der Waals surface area (Å²) < 4.78 is 7.79. The number of hydrogen-bond donors (Lipinski definition) is 1. The lowest BCUT2D eigenvalue weighted by Crippen LogP contribution is -2.45. The highest BCUT2D eigenvalue weighted by Gasteiger charge is 2.28. The molecule has 102 valence electrons. The van der Waals surface area contributed by atoms with Gasteiger partial charge in [-0.25, -0.2) is 0 Å². The van der Waals surface area contributed by atoms with Crippen LogP contribution in [0.5, 0.6) is 0 Å². The zero-order chi connectivity index (χ0) is 13.2. The second-order valence-corrected chi connectivity index (χ2v) is 5.41. The van der Waals surface area contributed by atoms with Gasteiger partial charge in [0.1, 0.15) is 0 Å². The maximum absolute atomic E-state index is 5.59. The molecule has 0 unspecified atom stereocenters. The van der Waals surface area contributed by atoms with Crippen molar-refractivity contribution in [2.45, 2.75) is 38.5 Å². The number of nitrogens with one attached hydrogen (secondary N) is 1. The molecule has 1 aromatic carbocycles. The van der Waals surface area contributed by atoms with Crippen molar-refractivity contribution < 1.29 is 4.74 Å². The Morgan fingerprint density at radius 3 is 2.89 bits per heavy atom. The molecule has 0 radical (unpaired) electrons. The van der Waals surface area contributed by atoms with E-state index < -0.39 is 0 Å². The molecule has 3 heteroatoms. The van der Waals surface area contributed by atoms with E-state index in [1.807, 2.05) is 0 Å². The molecule has 19 heavy (non-hydrogen) atoms. The third-order valence-corrected chi connectivity index (χ3v) is 4.06. The van der Waals surface area contributed by atoms with Crippen molar-refractivity contribution in [2.24, 2.45) is 7.05 Å². The van der Waals surface area contributed by atoms with Gasteiger partial charge in [0.25, 0.3) is 0 Å². The van der Waals surface area contributed by atoms with Crippen LogP contribution in [0.4, 0.5) is 0 Å². The normalized spacial score (nSPS) is 22.6. The average molecular weight is 258 g/mol. The Morgan fingerprint density at radius 1 is 1.32 bits per heavy atom. The van der Waals surface area contributed by atoms with E-state index in [1.54, 1.807) is 0 Å². The number of fused-ring (bicyclic) bond motifs is 1. The molecule has 1 fully saturated rings. The van der Waals surface area contributed by atoms with Crippen LogP contribution >= 0.6 is 0 Å². The molecule has 1 N–H and O–H groups in total. The molecule has 0 spiro atoms. The molecule has 0 atom stereocenters. The van der Waals surface area contributed by atoms with E-state index in [2.05, 4.69) is 54.3 Å². The van der Waals surface area contributed by atoms with E-state index in [-0.39, 0.29) is 0 Å². The Hall–Kier alpha value is -1.32. The van der Waals surface area contributed by atoms with Gasteiger partial charge in [0.15, 0.2) is 0 Å². The van der Waals surface area contributed by atoms with Crippen molar-refractivity contribution in [2.75, 3.05) is 6.61 Å². The Morgan fingerprint density at radius 2 is 2.11 bits per heavy atom. The molecule has 2 aromatic rings. The lowest BCUT2D eigenvalue weighted by Gasteiger charge is -2.35. The van der Waals surface area contributed by atoms with Crippen molar-refractivity contribution in [3.63, 3.8) is 0 Å². The maximum Gasteiger partial charge on any atom is 0.0604 e. The smallest absolute Gasteiger partial charge is 0.0604 e. The largest absolute Gasteiger partial charge is 0.378 e. The first-order valence-electron chi connectivity index (χ1n) is 7.16. The van der Waals surface area contributed by atoms with Gasteiger partial charge in [-0.3, -0.25) is 0 Å². The van der Waals surface area contributed by atoms with E-state index in [1.165, 1.54) is 16.5 Å². The lowest BCUT2D eigenvalue weighted by molar-refractivity contribution is -0.0102. The summed E-state index contributed by atoms with van der Waals surface area (Å²) in [4.78, 5) is 0. The van der Waals surface area contributed by atoms with Gasteiger partial charge < -0.3 is 14.6 Å². The number of aryl methyl sites for hydroxylation is 1. The van der Waals surface area contributed by atoms with E-state index in [0.29, 0.717) is 12.1 Å². The minimum atomic E-state index is 0.481. The van der Waals surface area contributed by atoms with Gasteiger partial charge in [0.05, 0.1) is 6.10 Å². The summed E-state index contributed by atoms with van der Waals surface area (Å²) in [5, 5.41) is 5.00. The summed E-state index contributed by atoms with van der Waals surface area (Å²) >= 11 is 0. The highest BCUT2D eigenvalue weighted by atomic mass is 16.5. The van der Waals surface area contributed by atoms with E-state index in [0.717, 1.165) is 26.0 Å². The molecule has 1 aliphatic rings. The van der Waals surface area contributed by atoms with Crippen LogP contribution in [0.1, 0.15) is 25.3 Å². The van der Waals surface area contributed by atoms with E-state index >= 15 is 0 Å². The van der Waals surface area contributed by atoms with Gasteiger partial charge in [-0.2, -0.15) is 0 Å². The molecule has 1 aromatic heterocycles. The zero-order valence-corrected chi connectivity index (χ0v) is 11.7. The minimum Gasteiger partial charge on any atom is -0.378 e. The molecule has 0 bridgehead atoms. The van der Waals surface area contributed by atoms with Crippen LogP contribution in [-0.2, 0) is 18.3 Å². The molecular weight excluding hydrogens is 236 g/mol. The van der Waals surface area contributed by atoms with E-state index in [4.69, 9.17) is 4.74 Å². The predicted molar refractivity (Wildman–Crippen MR) is 78.2 cm³/mol. The number of rotatable bonds is 5. The zero-order valence-electron chi connectivity index (χ0n) is 11.7. The minimum absolute atomic E-state index is 0.481. The summed E-state index contributed by atoms with van der Waals surface area (Å²) in [6, 6.07) is 9.21. The first-order valence-corrected chi connectivity index (χ1v) is 7.16. The summed E-state index contributed by atoms with van der Waals surface area (Å²) in [5.41, 5.74) is 2.69. The Balaban J connectivity index is 1.61. The van der Waals surface area contributed by atoms with Crippen LogP contribution in [0.25, 0.3) is 10.9 Å². The second kappa shape index (κ2) is 5.35. The van der Waals surface area contributed by atoms with Gasteiger partial charge in [0.2, 0.25) is 0 Å². The molecule has 3 rings (SSSR count). The molecule has 1 heterocycles. The van der Waals surface area contributed by atoms with Gasteiger partial charge in [-0.15, -0.1) is 0 Å². The van der Waals surface area contributed by atoms with Crippen LogP contribution in [0, 0.1) is 0 Å². The second-order valence-electron chi connectivity index (χ2n) is 5.41. The maximum atomic E-state index is 5.59. The number of benzene rings is 1. The molecule has 1 saturated carbocycles. The predicted octanol–water partition coefficient (Wildman–Crippen LogP) is 2.84. The molecule has 0 aliphatic heterocycles. The topological polar surface area (TPSA) is 26.2 Å². The van der Waals surface area contributed by atoms with Crippen molar-refractivity contribution in [3.05, 3.63) is 36.0 Å². The van der Waals surface area contributed by atoms with Crippen LogP contribution < -0.4 is 5.32 Å². The molecular formula is C16H22N2O. The van der Waals surface area contributed by atoms with Crippen molar-refractivity contribution >= 4 is 10.9 Å². The fourth-order valence-corrected chi connectivity index (χ4v) is 2.92. The summed E-state index contributed by atoms with van der Waals surface area (Å²) in [7, 11) is 2.11. The summed E-state index contributed by atoms with van der Waals surface area (Å²) in [5.74, 6) is 0. The first-order chi connectivity index (χ1) is 9.28. The van der Waals surface area contributed by atoms with Crippen molar-refractivity contribution in [1.29, 1.82) is 0 Å². The number of hydrogen-bond acceptors (Lipinski definition) is 2. The van der Waals surface area contributed by atoms with Gasteiger partial charge >= 0.3 is 0 Å². The van der Waals surface area contributed by atoms with E-state index in [9.17, 15) is 0 Å². The Bertz CT molecular complexity index is 555. The highest BCUT2D eigenvalue weighted by molar-refractivity contribution is 5.83. The quantitative estimate of drug-likeness (QED) is 0.892. The standard InChI is InChI=1S/C16H22N2O/c1-3-19-14-8-13(9-14)17-10-12-11-18(2)16-7-5-4-6-15(12)16/h4-7,11,13-14,17H,3,8-10H2,1-2H3. The molecule has 0 amide bonds. The van der Waals surface area contributed by atoms with Crippen LogP contribution in [0.15, 0.2) is 30.5 Å². The highest BCUT2D eigenvalue weighted by Crippen LogP contribution is 2.25. The third kappa shape index (κ3) is 2.53. The number of para-hydroxylation sites is 1. The third-order valence-electron chi connectivity index (χ3n) is 4.06.